The van der Waals surface area contributed by atoms with Crippen LogP contribution in [0.3, 0.4) is 0 Å². The molecule has 1 aromatic rings. The smallest absolute Gasteiger partial charge is 0.255 e. The number of carbonyl (C=O) groups is 1. The predicted molar refractivity (Wildman–Crippen MR) is 63.1 cm³/mol. The Morgan fingerprint density at radius 1 is 1.47 bits per heavy atom. The van der Waals surface area contributed by atoms with Crippen molar-refractivity contribution in [3.05, 3.63) is 27.7 Å². The summed E-state index contributed by atoms with van der Waals surface area (Å²) in [6.07, 6.45) is 0. The summed E-state index contributed by atoms with van der Waals surface area (Å²) in [5, 5.41) is 12.5. The Balaban J connectivity index is 3.08. The van der Waals surface area contributed by atoms with Crippen molar-refractivity contribution in [2.75, 3.05) is 0 Å². The quantitative estimate of drug-likeness (QED) is 0.869. The van der Waals surface area contributed by atoms with Gasteiger partial charge in [-0.3, -0.25) is 4.79 Å². The highest BCUT2D eigenvalue weighted by Gasteiger charge is 2.14. The Kier molecular flexibility index (Phi) is 3.74. The molecule has 0 saturated heterocycles. The lowest BCUT2D eigenvalue weighted by atomic mass is 10.1. The van der Waals surface area contributed by atoms with Crippen LogP contribution < -0.4 is 5.32 Å². The van der Waals surface area contributed by atoms with E-state index in [-0.39, 0.29) is 17.7 Å². The zero-order valence-corrected chi connectivity index (χ0v) is 10.6. The van der Waals surface area contributed by atoms with Crippen molar-refractivity contribution in [3.63, 3.8) is 0 Å². The van der Waals surface area contributed by atoms with Crippen molar-refractivity contribution >= 4 is 21.8 Å². The van der Waals surface area contributed by atoms with Crippen molar-refractivity contribution < 1.29 is 9.90 Å². The normalized spacial score (nSPS) is 10.5. The minimum atomic E-state index is -0.257. The predicted octanol–water partition coefficient (Wildman–Crippen LogP) is 2.60. The lowest BCUT2D eigenvalue weighted by molar-refractivity contribution is 0.0940. The summed E-state index contributed by atoms with van der Waals surface area (Å²) in [6, 6.07) is 3.43. The molecule has 0 aromatic heterocycles. The molecule has 0 bridgehead atoms. The van der Waals surface area contributed by atoms with Crippen LogP contribution in [-0.2, 0) is 0 Å². The minimum absolute atomic E-state index is 0.0383. The van der Waals surface area contributed by atoms with E-state index >= 15 is 0 Å². The zero-order chi connectivity index (χ0) is 11.6. The average molecular weight is 272 g/mol. The summed E-state index contributed by atoms with van der Waals surface area (Å²) in [7, 11) is 0. The maximum atomic E-state index is 11.7. The number of nitrogens with one attached hydrogen (secondary N) is 1. The Labute approximate surface area is 97.6 Å². The molecule has 15 heavy (non-hydrogen) atoms. The van der Waals surface area contributed by atoms with Gasteiger partial charge < -0.3 is 10.4 Å². The molecule has 1 rings (SSSR count). The van der Waals surface area contributed by atoms with Crippen molar-refractivity contribution in [2.24, 2.45) is 0 Å². The summed E-state index contributed by atoms with van der Waals surface area (Å²) in [6.45, 7) is 5.51. The maximum Gasteiger partial charge on any atom is 0.255 e. The molecule has 0 radical (unpaired) electrons. The average Bonchev–Trinajstić information content (AvgIpc) is 2.09. The van der Waals surface area contributed by atoms with E-state index in [0.717, 1.165) is 4.47 Å². The molecule has 0 aliphatic heterocycles. The molecule has 3 nitrogen and oxygen atoms in total. The van der Waals surface area contributed by atoms with Crippen LogP contribution in [0.15, 0.2) is 16.6 Å². The minimum Gasteiger partial charge on any atom is -0.507 e. The molecular formula is C11H14BrNO2. The second-order valence-electron chi connectivity index (χ2n) is 3.75. The third-order valence-electron chi connectivity index (χ3n) is 1.93. The monoisotopic (exact) mass is 271 g/mol. The van der Waals surface area contributed by atoms with Gasteiger partial charge in [0.25, 0.3) is 5.91 Å². The van der Waals surface area contributed by atoms with E-state index in [1.54, 1.807) is 19.1 Å². The van der Waals surface area contributed by atoms with Gasteiger partial charge in [0.15, 0.2) is 0 Å². The zero-order valence-electron chi connectivity index (χ0n) is 8.97. The van der Waals surface area contributed by atoms with Crippen LogP contribution in [0, 0.1) is 6.92 Å². The van der Waals surface area contributed by atoms with Gasteiger partial charge in [-0.2, -0.15) is 0 Å². The Hall–Kier alpha value is -1.03. The van der Waals surface area contributed by atoms with E-state index in [9.17, 15) is 9.90 Å². The van der Waals surface area contributed by atoms with Crippen LogP contribution in [0.4, 0.5) is 0 Å². The second kappa shape index (κ2) is 4.66. The fraction of sp³-hybridized carbons (Fsp3) is 0.364. The molecule has 0 heterocycles. The van der Waals surface area contributed by atoms with Crippen LogP contribution in [0.25, 0.3) is 0 Å². The third kappa shape index (κ3) is 2.96. The molecule has 1 amide bonds. The number of carbonyl (C=O) groups excluding carboxylic acids is 1. The molecule has 0 saturated carbocycles. The first-order chi connectivity index (χ1) is 6.91. The van der Waals surface area contributed by atoms with Gasteiger partial charge in [0.1, 0.15) is 5.75 Å². The summed E-state index contributed by atoms with van der Waals surface area (Å²) in [5.74, 6) is -0.219. The van der Waals surface area contributed by atoms with Crippen molar-refractivity contribution in [2.45, 2.75) is 26.8 Å². The number of aromatic hydroxyl groups is 1. The molecule has 0 spiro atoms. The molecule has 0 aliphatic carbocycles. The summed E-state index contributed by atoms with van der Waals surface area (Å²) in [4.78, 5) is 11.7. The molecule has 1 aromatic carbocycles. The molecule has 0 fully saturated rings. The molecule has 0 unspecified atom stereocenters. The largest absolute Gasteiger partial charge is 0.507 e. The molecule has 4 heteroatoms. The Morgan fingerprint density at radius 3 is 2.60 bits per heavy atom. The van der Waals surface area contributed by atoms with Gasteiger partial charge in [-0.1, -0.05) is 15.9 Å². The van der Waals surface area contributed by atoms with E-state index in [0.29, 0.717) is 11.1 Å². The molecule has 2 N–H and O–H groups in total. The van der Waals surface area contributed by atoms with Crippen LogP contribution in [-0.4, -0.2) is 17.1 Å². The van der Waals surface area contributed by atoms with Crippen LogP contribution in [0.1, 0.15) is 29.8 Å². The number of amides is 1. The number of aryl methyl sites for hydroxylation is 1. The standard InChI is InChI=1S/C11H14BrNO2/c1-6(2)13-11(15)9-5-8(12)4-7(3)10(9)14/h4-6,14H,1-3H3,(H,13,15). The molecular weight excluding hydrogens is 258 g/mol. The Morgan fingerprint density at radius 2 is 2.07 bits per heavy atom. The maximum absolute atomic E-state index is 11.7. The number of benzene rings is 1. The van der Waals surface area contributed by atoms with Gasteiger partial charge in [-0.15, -0.1) is 0 Å². The van der Waals surface area contributed by atoms with Gasteiger partial charge in [-0.25, -0.2) is 0 Å². The lowest BCUT2D eigenvalue weighted by Crippen LogP contribution is -2.30. The highest BCUT2D eigenvalue weighted by molar-refractivity contribution is 9.10. The number of hydrogen-bond acceptors (Lipinski definition) is 2. The summed E-state index contributed by atoms with van der Waals surface area (Å²) in [5.41, 5.74) is 0.980. The number of hydrogen-bond donors (Lipinski definition) is 2. The fourth-order valence-electron chi connectivity index (χ4n) is 1.25. The van der Waals surface area contributed by atoms with Crippen LogP contribution >= 0.6 is 15.9 Å². The molecule has 82 valence electrons. The Bertz CT molecular complexity index is 388. The first-order valence-electron chi connectivity index (χ1n) is 4.71. The van der Waals surface area contributed by atoms with Crippen LogP contribution in [0.5, 0.6) is 5.75 Å². The highest BCUT2D eigenvalue weighted by Crippen LogP contribution is 2.26. The van der Waals surface area contributed by atoms with Crippen molar-refractivity contribution in [3.8, 4) is 5.75 Å². The van der Waals surface area contributed by atoms with E-state index in [2.05, 4.69) is 21.2 Å². The molecule has 0 atom stereocenters. The van der Waals surface area contributed by atoms with Gasteiger partial charge in [0, 0.05) is 10.5 Å². The number of phenolic OH excluding ortho intramolecular Hbond substituents is 1. The first kappa shape index (κ1) is 12.0. The second-order valence-corrected chi connectivity index (χ2v) is 4.66. The SMILES string of the molecule is Cc1cc(Br)cc(C(=O)NC(C)C)c1O. The lowest BCUT2D eigenvalue weighted by Gasteiger charge is -2.11. The van der Waals surface area contributed by atoms with Gasteiger partial charge in [-0.05, 0) is 38.5 Å². The fourth-order valence-corrected chi connectivity index (χ4v) is 1.82. The summed E-state index contributed by atoms with van der Waals surface area (Å²) < 4.78 is 0.784. The highest BCUT2D eigenvalue weighted by atomic mass is 79.9. The topological polar surface area (TPSA) is 49.3 Å². The van der Waals surface area contributed by atoms with Crippen molar-refractivity contribution in [1.29, 1.82) is 0 Å². The van der Waals surface area contributed by atoms with E-state index in [1.165, 1.54) is 0 Å². The van der Waals surface area contributed by atoms with Gasteiger partial charge in [0.2, 0.25) is 0 Å². The van der Waals surface area contributed by atoms with Crippen molar-refractivity contribution in [1.82, 2.24) is 5.32 Å². The van der Waals surface area contributed by atoms with Crippen LogP contribution in [0.2, 0.25) is 0 Å². The van der Waals surface area contributed by atoms with Gasteiger partial charge in [0.05, 0.1) is 5.56 Å². The van der Waals surface area contributed by atoms with E-state index in [4.69, 9.17) is 0 Å². The number of phenols is 1. The third-order valence-corrected chi connectivity index (χ3v) is 2.39. The number of rotatable bonds is 2. The molecule has 0 aliphatic rings. The van der Waals surface area contributed by atoms with Gasteiger partial charge >= 0.3 is 0 Å². The summed E-state index contributed by atoms with van der Waals surface area (Å²) >= 11 is 3.29. The first-order valence-corrected chi connectivity index (χ1v) is 5.51. The number of halogens is 1. The van der Waals surface area contributed by atoms with E-state index in [1.807, 2.05) is 13.8 Å². The van der Waals surface area contributed by atoms with E-state index < -0.39 is 0 Å².